The van der Waals surface area contributed by atoms with Crippen LogP contribution in [0.4, 0.5) is 9.93 Å². The topological polar surface area (TPSA) is 89.0 Å². The highest BCUT2D eigenvalue weighted by molar-refractivity contribution is 7.13. The molecular weight excluding hydrogens is 290 g/mol. The van der Waals surface area contributed by atoms with E-state index in [-0.39, 0.29) is 6.03 Å². The molecule has 0 aliphatic heterocycles. The van der Waals surface area contributed by atoms with Gasteiger partial charge in [0.25, 0.3) is 0 Å². The predicted molar refractivity (Wildman–Crippen MR) is 80.4 cm³/mol. The number of hydrogen-bond acceptors (Lipinski definition) is 6. The Bertz CT molecular complexity index is 561. The van der Waals surface area contributed by atoms with Gasteiger partial charge in [0.15, 0.2) is 0 Å². The van der Waals surface area contributed by atoms with Gasteiger partial charge in [-0.3, -0.25) is 5.32 Å². The van der Waals surface area contributed by atoms with E-state index in [2.05, 4.69) is 32.7 Å². The average Bonchev–Trinajstić information content (AvgIpc) is 2.99. The van der Waals surface area contributed by atoms with Crippen molar-refractivity contribution in [3.05, 3.63) is 29.4 Å². The molecule has 0 bridgehead atoms. The van der Waals surface area contributed by atoms with Crippen LogP contribution in [-0.4, -0.2) is 27.8 Å². The molecule has 0 fully saturated rings. The van der Waals surface area contributed by atoms with Gasteiger partial charge in [-0.15, -0.1) is 10.2 Å². The van der Waals surface area contributed by atoms with Gasteiger partial charge in [-0.1, -0.05) is 30.7 Å². The van der Waals surface area contributed by atoms with Gasteiger partial charge in [-0.25, -0.2) is 9.78 Å². The largest absolute Gasteiger partial charge is 0.477 e. The Morgan fingerprint density at radius 3 is 3.14 bits per heavy atom. The normalized spacial score (nSPS) is 10.1. The monoisotopic (exact) mass is 307 g/mol. The Morgan fingerprint density at radius 2 is 2.38 bits per heavy atom. The van der Waals surface area contributed by atoms with Crippen LogP contribution < -0.4 is 15.4 Å². The second-order valence-electron chi connectivity index (χ2n) is 4.22. The summed E-state index contributed by atoms with van der Waals surface area (Å²) in [6, 6.07) is 3.35. The van der Waals surface area contributed by atoms with E-state index in [1.165, 1.54) is 11.3 Å². The van der Waals surface area contributed by atoms with Crippen LogP contribution in [0.15, 0.2) is 23.8 Å². The number of anilines is 1. The van der Waals surface area contributed by atoms with Crippen molar-refractivity contribution >= 4 is 22.5 Å². The Labute approximate surface area is 126 Å². The van der Waals surface area contributed by atoms with Gasteiger partial charge in [0.05, 0.1) is 6.61 Å². The molecule has 0 saturated heterocycles. The number of urea groups is 1. The van der Waals surface area contributed by atoms with Crippen molar-refractivity contribution in [1.82, 2.24) is 20.5 Å². The molecule has 2 rings (SSSR count). The third-order valence-corrected chi connectivity index (χ3v) is 3.21. The highest BCUT2D eigenvalue weighted by Crippen LogP contribution is 2.14. The molecule has 0 atom stereocenters. The first-order valence-corrected chi connectivity index (χ1v) is 7.55. The molecule has 2 aromatic heterocycles. The Balaban J connectivity index is 1.85. The molecule has 21 heavy (non-hydrogen) atoms. The second-order valence-corrected chi connectivity index (χ2v) is 5.05. The van der Waals surface area contributed by atoms with E-state index in [0.29, 0.717) is 24.2 Å². The minimum Gasteiger partial charge on any atom is -0.477 e. The fourth-order valence-electron chi connectivity index (χ4n) is 1.55. The minimum absolute atomic E-state index is 0.333. The van der Waals surface area contributed by atoms with Crippen LogP contribution in [-0.2, 0) is 6.54 Å². The number of nitrogens with zero attached hydrogens (tertiary/aromatic N) is 3. The zero-order valence-corrected chi connectivity index (χ0v) is 12.5. The lowest BCUT2D eigenvalue weighted by Crippen LogP contribution is -2.28. The molecule has 7 nitrogen and oxygen atoms in total. The molecule has 0 aliphatic rings. The van der Waals surface area contributed by atoms with E-state index in [9.17, 15) is 4.79 Å². The molecule has 2 aromatic rings. The van der Waals surface area contributed by atoms with Gasteiger partial charge >= 0.3 is 6.03 Å². The summed E-state index contributed by atoms with van der Waals surface area (Å²) in [5, 5.41) is 13.2. The van der Waals surface area contributed by atoms with Crippen molar-refractivity contribution in [3.63, 3.8) is 0 Å². The lowest BCUT2D eigenvalue weighted by molar-refractivity contribution is 0.251. The van der Waals surface area contributed by atoms with E-state index in [1.807, 2.05) is 12.1 Å². The number of aromatic nitrogens is 3. The van der Waals surface area contributed by atoms with Crippen LogP contribution in [0.3, 0.4) is 0 Å². The molecule has 2 amide bonds. The number of pyridine rings is 1. The predicted octanol–water partition coefficient (Wildman–Crippen LogP) is 2.43. The van der Waals surface area contributed by atoms with Crippen molar-refractivity contribution in [1.29, 1.82) is 0 Å². The molecule has 0 spiro atoms. The number of unbranched alkanes of at least 4 members (excludes halogenated alkanes) is 1. The highest BCUT2D eigenvalue weighted by atomic mass is 32.1. The summed E-state index contributed by atoms with van der Waals surface area (Å²) in [5.41, 5.74) is 2.39. The van der Waals surface area contributed by atoms with E-state index in [0.717, 1.165) is 18.4 Å². The minimum atomic E-state index is -0.338. The number of hydrogen-bond donors (Lipinski definition) is 2. The maximum absolute atomic E-state index is 11.7. The molecule has 2 heterocycles. The lowest BCUT2D eigenvalue weighted by Gasteiger charge is -2.10. The van der Waals surface area contributed by atoms with Gasteiger partial charge in [-0.2, -0.15) is 0 Å². The van der Waals surface area contributed by atoms with E-state index < -0.39 is 0 Å². The summed E-state index contributed by atoms with van der Waals surface area (Å²) in [6.45, 7) is 3.06. The van der Waals surface area contributed by atoms with Gasteiger partial charge in [0.1, 0.15) is 5.51 Å². The van der Waals surface area contributed by atoms with Gasteiger partial charge < -0.3 is 10.1 Å². The summed E-state index contributed by atoms with van der Waals surface area (Å²) in [4.78, 5) is 15.9. The first-order chi connectivity index (χ1) is 10.3. The fourth-order valence-corrected chi connectivity index (χ4v) is 1.99. The van der Waals surface area contributed by atoms with E-state index >= 15 is 0 Å². The summed E-state index contributed by atoms with van der Waals surface area (Å²) in [7, 11) is 0. The van der Waals surface area contributed by atoms with E-state index in [4.69, 9.17) is 4.74 Å². The molecular formula is C13H17N5O2S. The van der Waals surface area contributed by atoms with Crippen molar-refractivity contribution < 1.29 is 9.53 Å². The van der Waals surface area contributed by atoms with Crippen LogP contribution in [0.5, 0.6) is 5.88 Å². The molecule has 0 radical (unpaired) electrons. The summed E-state index contributed by atoms with van der Waals surface area (Å²) >= 11 is 1.26. The maximum Gasteiger partial charge on any atom is 0.321 e. The third-order valence-electron chi connectivity index (χ3n) is 2.61. The number of carbonyl (C=O) groups excluding carboxylic acids is 1. The van der Waals surface area contributed by atoms with Crippen LogP contribution >= 0.6 is 11.3 Å². The first kappa shape index (κ1) is 15.2. The van der Waals surface area contributed by atoms with Crippen LogP contribution in [0.25, 0.3) is 0 Å². The van der Waals surface area contributed by atoms with Crippen molar-refractivity contribution in [3.8, 4) is 5.88 Å². The number of rotatable bonds is 7. The summed E-state index contributed by atoms with van der Waals surface area (Å²) in [6.07, 6.45) is 3.71. The smallest absolute Gasteiger partial charge is 0.321 e. The SMILES string of the molecule is CCCCOc1ncccc1CNC(=O)Nc1nncs1. The quantitative estimate of drug-likeness (QED) is 0.767. The van der Waals surface area contributed by atoms with Crippen LogP contribution in [0, 0.1) is 0 Å². The fraction of sp³-hybridized carbons (Fsp3) is 0.385. The number of ether oxygens (including phenoxy) is 1. The zero-order valence-electron chi connectivity index (χ0n) is 11.7. The molecule has 8 heteroatoms. The standard InChI is InChI=1S/C13H17N5O2S/c1-2-3-7-20-11-10(5-4-6-14-11)8-15-12(19)17-13-18-16-9-21-13/h4-6,9H,2-3,7-8H2,1H3,(H2,15,17,18,19). The van der Waals surface area contributed by atoms with E-state index in [1.54, 1.807) is 11.7 Å². The summed E-state index contributed by atoms with van der Waals surface area (Å²) < 4.78 is 5.61. The van der Waals surface area contributed by atoms with Gasteiger partial charge in [-0.05, 0) is 12.5 Å². The Kier molecular flexibility index (Phi) is 5.89. The Morgan fingerprint density at radius 1 is 1.48 bits per heavy atom. The first-order valence-electron chi connectivity index (χ1n) is 6.67. The summed E-state index contributed by atoms with van der Waals surface area (Å²) in [5.74, 6) is 0.558. The second kappa shape index (κ2) is 8.15. The molecule has 0 saturated carbocycles. The maximum atomic E-state index is 11.7. The van der Waals surface area contributed by atoms with Crippen molar-refractivity contribution in [2.45, 2.75) is 26.3 Å². The van der Waals surface area contributed by atoms with Crippen molar-refractivity contribution in [2.75, 3.05) is 11.9 Å². The van der Waals surface area contributed by atoms with Crippen molar-refractivity contribution in [2.24, 2.45) is 0 Å². The molecule has 2 N–H and O–H groups in total. The number of nitrogens with one attached hydrogen (secondary N) is 2. The molecule has 0 aliphatic carbocycles. The lowest BCUT2D eigenvalue weighted by atomic mass is 10.2. The van der Waals surface area contributed by atoms with Gasteiger partial charge in [0.2, 0.25) is 11.0 Å². The number of carbonyl (C=O) groups is 1. The third kappa shape index (κ3) is 4.99. The molecule has 0 aromatic carbocycles. The Hall–Kier alpha value is -2.22. The van der Waals surface area contributed by atoms with Crippen LogP contribution in [0.1, 0.15) is 25.3 Å². The molecule has 0 unspecified atom stereocenters. The highest BCUT2D eigenvalue weighted by Gasteiger charge is 2.08. The molecule has 112 valence electrons. The number of amides is 2. The van der Waals surface area contributed by atoms with Gasteiger partial charge in [0, 0.05) is 18.3 Å². The zero-order chi connectivity index (χ0) is 14.9. The van der Waals surface area contributed by atoms with Crippen LogP contribution in [0.2, 0.25) is 0 Å². The average molecular weight is 307 g/mol.